The van der Waals surface area contributed by atoms with Gasteiger partial charge in [0.15, 0.2) is 5.79 Å². The van der Waals surface area contributed by atoms with Crippen LogP contribution in [0.3, 0.4) is 0 Å². The number of fused-ring (bicyclic) bond motifs is 1. The molecular weight excluding hydrogens is 264 g/mol. The van der Waals surface area contributed by atoms with E-state index in [0.717, 1.165) is 18.4 Å². The molecule has 0 bridgehead atoms. The van der Waals surface area contributed by atoms with Crippen molar-refractivity contribution < 1.29 is 14.6 Å². The van der Waals surface area contributed by atoms with Gasteiger partial charge in [0.1, 0.15) is 0 Å². The molecule has 3 nitrogen and oxygen atoms in total. The lowest BCUT2D eigenvalue weighted by molar-refractivity contribution is -0.161. The Labute approximate surface area is 118 Å². The molecule has 1 aromatic rings. The van der Waals surface area contributed by atoms with E-state index >= 15 is 0 Å². The zero-order valence-corrected chi connectivity index (χ0v) is 11.9. The second-order valence-electron chi connectivity index (χ2n) is 5.88. The molecule has 1 saturated heterocycles. The van der Waals surface area contributed by atoms with Crippen molar-refractivity contribution in [2.24, 2.45) is 5.92 Å². The molecule has 2 aliphatic rings. The van der Waals surface area contributed by atoms with Gasteiger partial charge in [-0.2, -0.15) is 0 Å². The molecule has 1 saturated carbocycles. The Morgan fingerprint density at radius 2 is 1.89 bits per heavy atom. The summed E-state index contributed by atoms with van der Waals surface area (Å²) in [6.07, 6.45) is 1.45. The van der Waals surface area contributed by atoms with E-state index in [1.165, 1.54) is 0 Å². The Bertz CT molecular complexity index is 457. The number of hydrogen-bond donors (Lipinski definition) is 1. The Kier molecular flexibility index (Phi) is 3.34. The number of halogens is 1. The number of hydrogen-bond acceptors (Lipinski definition) is 3. The van der Waals surface area contributed by atoms with Crippen LogP contribution in [0.4, 0.5) is 0 Å². The minimum atomic E-state index is -0.534. The Balaban J connectivity index is 1.77. The number of rotatable bonds is 2. The number of benzene rings is 1. The van der Waals surface area contributed by atoms with Crippen LogP contribution in [0.1, 0.15) is 38.4 Å². The summed E-state index contributed by atoms with van der Waals surface area (Å²) >= 11 is 5.88. The smallest absolute Gasteiger partial charge is 0.163 e. The first-order valence-electron chi connectivity index (χ1n) is 6.75. The zero-order valence-electron chi connectivity index (χ0n) is 11.2. The fourth-order valence-corrected chi connectivity index (χ4v) is 3.34. The van der Waals surface area contributed by atoms with Crippen LogP contribution in [-0.4, -0.2) is 23.1 Å². The van der Waals surface area contributed by atoms with Crippen molar-refractivity contribution in [1.82, 2.24) is 0 Å². The van der Waals surface area contributed by atoms with Crippen LogP contribution in [0.15, 0.2) is 24.3 Å². The lowest BCUT2D eigenvalue weighted by Crippen LogP contribution is -2.29. The third-order valence-electron chi connectivity index (χ3n) is 4.05. The van der Waals surface area contributed by atoms with Crippen molar-refractivity contribution in [1.29, 1.82) is 0 Å². The van der Waals surface area contributed by atoms with Crippen LogP contribution in [0.2, 0.25) is 5.02 Å². The summed E-state index contributed by atoms with van der Waals surface area (Å²) < 4.78 is 11.8. The first-order chi connectivity index (χ1) is 8.96. The van der Waals surface area contributed by atoms with Crippen molar-refractivity contribution >= 4 is 11.6 Å². The molecule has 0 spiro atoms. The fourth-order valence-electron chi connectivity index (χ4n) is 3.21. The molecular formula is C15H19ClO3. The van der Waals surface area contributed by atoms with E-state index < -0.39 is 11.9 Å². The summed E-state index contributed by atoms with van der Waals surface area (Å²) in [6, 6.07) is 7.37. The Morgan fingerprint density at radius 3 is 2.58 bits per heavy atom. The highest BCUT2D eigenvalue weighted by molar-refractivity contribution is 6.30. The molecule has 1 aliphatic heterocycles. The summed E-state index contributed by atoms with van der Waals surface area (Å²) in [5.74, 6) is -0.443. The van der Waals surface area contributed by atoms with Crippen LogP contribution in [0.5, 0.6) is 0 Å². The molecule has 4 heteroatoms. The van der Waals surface area contributed by atoms with Gasteiger partial charge in [0.25, 0.3) is 0 Å². The first kappa shape index (κ1) is 13.4. The van der Waals surface area contributed by atoms with Gasteiger partial charge in [-0.05, 0) is 44.4 Å². The van der Waals surface area contributed by atoms with Crippen LogP contribution in [-0.2, 0) is 9.47 Å². The summed E-state index contributed by atoms with van der Waals surface area (Å²) in [6.45, 7) is 3.86. The van der Waals surface area contributed by atoms with Gasteiger partial charge < -0.3 is 14.6 Å². The minimum Gasteiger partial charge on any atom is -0.388 e. The fraction of sp³-hybridized carbons (Fsp3) is 0.600. The number of aliphatic hydroxyl groups is 1. The van der Waals surface area contributed by atoms with Crippen molar-refractivity contribution in [2.45, 2.75) is 50.8 Å². The van der Waals surface area contributed by atoms with Crippen LogP contribution in [0, 0.1) is 5.92 Å². The maximum Gasteiger partial charge on any atom is 0.163 e. The SMILES string of the molecule is CC1(C)OC2CCC(C(O)c3ccc(Cl)cc3)C2O1. The van der Waals surface area contributed by atoms with Gasteiger partial charge in [0.05, 0.1) is 18.3 Å². The average molecular weight is 283 g/mol. The van der Waals surface area contributed by atoms with Crippen molar-refractivity contribution in [2.75, 3.05) is 0 Å². The number of aliphatic hydroxyl groups excluding tert-OH is 1. The molecule has 4 unspecified atom stereocenters. The molecule has 19 heavy (non-hydrogen) atoms. The topological polar surface area (TPSA) is 38.7 Å². The van der Waals surface area contributed by atoms with Crippen molar-refractivity contribution in [3.05, 3.63) is 34.9 Å². The van der Waals surface area contributed by atoms with E-state index in [0.29, 0.717) is 5.02 Å². The van der Waals surface area contributed by atoms with Gasteiger partial charge in [-0.15, -0.1) is 0 Å². The lowest BCUT2D eigenvalue weighted by atomic mass is 9.92. The van der Waals surface area contributed by atoms with E-state index in [1.807, 2.05) is 38.1 Å². The van der Waals surface area contributed by atoms with Crippen LogP contribution < -0.4 is 0 Å². The second-order valence-corrected chi connectivity index (χ2v) is 6.31. The Hall–Kier alpha value is -0.610. The lowest BCUT2D eigenvalue weighted by Gasteiger charge is -2.25. The largest absolute Gasteiger partial charge is 0.388 e. The molecule has 1 aliphatic carbocycles. The minimum absolute atomic E-state index is 0.0133. The third kappa shape index (κ3) is 2.52. The summed E-state index contributed by atoms with van der Waals surface area (Å²) in [5, 5.41) is 11.2. The standard InChI is InChI=1S/C15H19ClO3/c1-15(2)18-12-8-7-11(14(12)19-15)13(17)9-3-5-10(16)6-4-9/h3-6,11-14,17H,7-8H2,1-2H3. The maximum absolute atomic E-state index is 10.5. The summed E-state index contributed by atoms with van der Waals surface area (Å²) in [4.78, 5) is 0. The van der Waals surface area contributed by atoms with Gasteiger partial charge in [-0.1, -0.05) is 23.7 Å². The second kappa shape index (κ2) is 4.74. The molecule has 2 fully saturated rings. The van der Waals surface area contributed by atoms with Gasteiger partial charge in [-0.25, -0.2) is 0 Å². The molecule has 1 aromatic carbocycles. The molecule has 104 valence electrons. The van der Waals surface area contributed by atoms with Gasteiger partial charge >= 0.3 is 0 Å². The highest BCUT2D eigenvalue weighted by Gasteiger charge is 2.51. The highest BCUT2D eigenvalue weighted by Crippen LogP contribution is 2.46. The molecule has 0 radical (unpaired) electrons. The first-order valence-corrected chi connectivity index (χ1v) is 7.13. The van der Waals surface area contributed by atoms with E-state index in [-0.39, 0.29) is 18.1 Å². The van der Waals surface area contributed by atoms with Crippen LogP contribution in [0.25, 0.3) is 0 Å². The predicted octanol–water partition coefficient (Wildman–Crippen LogP) is 3.30. The molecule has 4 atom stereocenters. The predicted molar refractivity (Wildman–Crippen MR) is 73.0 cm³/mol. The normalized spacial score (nSPS) is 34.2. The van der Waals surface area contributed by atoms with Crippen molar-refractivity contribution in [3.8, 4) is 0 Å². The van der Waals surface area contributed by atoms with Crippen molar-refractivity contribution in [3.63, 3.8) is 0 Å². The Morgan fingerprint density at radius 1 is 1.21 bits per heavy atom. The van der Waals surface area contributed by atoms with Gasteiger partial charge in [0, 0.05) is 10.9 Å². The van der Waals surface area contributed by atoms with E-state index in [2.05, 4.69) is 0 Å². The van der Waals surface area contributed by atoms with Crippen LogP contribution >= 0.6 is 11.6 Å². The molecule has 0 amide bonds. The quantitative estimate of drug-likeness (QED) is 0.904. The number of ether oxygens (including phenoxy) is 2. The molecule has 3 rings (SSSR count). The average Bonchev–Trinajstić information content (AvgIpc) is 2.84. The monoisotopic (exact) mass is 282 g/mol. The molecule has 1 heterocycles. The highest BCUT2D eigenvalue weighted by atomic mass is 35.5. The summed E-state index contributed by atoms with van der Waals surface area (Å²) in [7, 11) is 0. The third-order valence-corrected chi connectivity index (χ3v) is 4.30. The zero-order chi connectivity index (χ0) is 13.6. The van der Waals surface area contributed by atoms with E-state index in [4.69, 9.17) is 21.1 Å². The van der Waals surface area contributed by atoms with E-state index in [9.17, 15) is 5.11 Å². The maximum atomic E-state index is 10.5. The molecule has 1 N–H and O–H groups in total. The summed E-state index contributed by atoms with van der Waals surface area (Å²) in [5.41, 5.74) is 0.892. The molecule has 0 aromatic heterocycles. The van der Waals surface area contributed by atoms with E-state index in [1.54, 1.807) is 0 Å². The van der Waals surface area contributed by atoms with Gasteiger partial charge in [0.2, 0.25) is 0 Å². The van der Waals surface area contributed by atoms with Gasteiger partial charge in [-0.3, -0.25) is 0 Å².